The maximum Gasteiger partial charge on any atom is 0.255 e. The monoisotopic (exact) mass is 476 g/mol. The number of hydrogen-bond acceptors (Lipinski definition) is 6. The Labute approximate surface area is 211 Å². The number of halogens is 1. The molecule has 0 aliphatic carbocycles. The maximum atomic E-state index is 15.3. The third kappa shape index (κ3) is 4.53. The van der Waals surface area contributed by atoms with Crippen molar-refractivity contribution in [3.8, 4) is 0 Å². The number of rotatable bonds is 6. The summed E-state index contributed by atoms with van der Waals surface area (Å²) in [6.45, 7) is 0.826. The van der Waals surface area contributed by atoms with Crippen LogP contribution in [0.5, 0.6) is 0 Å². The number of fused-ring (bicyclic) bond motifs is 1. The molecule has 1 unspecified atom stereocenters. The van der Waals surface area contributed by atoms with Crippen molar-refractivity contribution in [3.63, 3.8) is 0 Å². The van der Waals surface area contributed by atoms with Crippen LogP contribution in [0.2, 0.25) is 0 Å². The zero-order valence-electron chi connectivity index (χ0n) is 27.9. The SMILES string of the molecule is [2H]c1c([2H])c(NCc2c([2H])c(CN3CCOCC3)c([2H])c([2H])c2F)c2c(c1[2H])C(=O)N(C1C(=O)NC(=O)C([2H])([2H])C1([2H])[2H])C2. The molecule has 34 heavy (non-hydrogen) atoms. The van der Waals surface area contributed by atoms with E-state index in [1.165, 1.54) is 0 Å². The summed E-state index contributed by atoms with van der Waals surface area (Å²) in [6, 6.07) is -5.70. The van der Waals surface area contributed by atoms with Gasteiger partial charge in [-0.05, 0) is 36.1 Å². The van der Waals surface area contributed by atoms with Crippen LogP contribution in [0.1, 0.15) is 53.5 Å². The number of piperidine rings is 1. The summed E-state index contributed by atoms with van der Waals surface area (Å²) in [5.74, 6) is -5.07. The highest BCUT2D eigenvalue weighted by atomic mass is 19.1. The highest BCUT2D eigenvalue weighted by Gasteiger charge is 2.39. The van der Waals surface area contributed by atoms with Crippen LogP contribution in [0.4, 0.5) is 10.1 Å². The molecule has 9 heteroatoms. The van der Waals surface area contributed by atoms with Gasteiger partial charge in [0.2, 0.25) is 11.8 Å². The lowest BCUT2D eigenvalue weighted by Crippen LogP contribution is -2.52. The second-order valence-electron chi connectivity index (χ2n) is 7.92. The Morgan fingerprint density at radius 3 is 2.85 bits per heavy atom. The standard InChI is InChI=1S/C25H27FN4O4/c26-20-5-4-16(14-29-8-10-34-11-9-29)12-17(20)13-27-21-3-1-2-18-19(21)15-30(25(18)33)22-6-7-23(31)28-24(22)32/h1-5,12,22,27H,6-11,13-15H2,(H,28,31,32)/i1D,2D,3D,4D,5D,6D2,7D2,12D. The lowest BCUT2D eigenvalue weighted by Gasteiger charge is -2.29. The average molecular weight is 477 g/mol. The number of nitrogens with zero attached hydrogens (tertiary/aromatic N) is 2. The summed E-state index contributed by atoms with van der Waals surface area (Å²) in [5.41, 5.74) is -1.05. The molecule has 0 saturated carbocycles. The zero-order chi connectivity index (χ0) is 32.5. The highest BCUT2D eigenvalue weighted by molar-refractivity contribution is 6.06. The van der Waals surface area contributed by atoms with Crippen LogP contribution in [0.25, 0.3) is 0 Å². The molecule has 3 heterocycles. The van der Waals surface area contributed by atoms with Gasteiger partial charge in [0.05, 0.1) is 21.4 Å². The Morgan fingerprint density at radius 2 is 2.03 bits per heavy atom. The van der Waals surface area contributed by atoms with Gasteiger partial charge in [0.1, 0.15) is 11.9 Å². The van der Waals surface area contributed by atoms with Gasteiger partial charge < -0.3 is 15.0 Å². The molecule has 0 aromatic heterocycles. The fraction of sp³-hybridized carbons (Fsp3) is 0.400. The number of ether oxygens (including phenoxy) is 1. The maximum absolute atomic E-state index is 15.3. The fourth-order valence-corrected chi connectivity index (χ4v) is 3.98. The second-order valence-corrected chi connectivity index (χ2v) is 7.92. The lowest BCUT2D eigenvalue weighted by molar-refractivity contribution is -0.136. The molecule has 1 atom stereocenters. The first-order valence-corrected chi connectivity index (χ1v) is 10.6. The van der Waals surface area contributed by atoms with E-state index in [1.54, 1.807) is 5.32 Å². The normalized spacial score (nSPS) is 28.1. The topological polar surface area (TPSA) is 91.0 Å². The highest BCUT2D eigenvalue weighted by Crippen LogP contribution is 2.32. The molecule has 3 aliphatic rings. The van der Waals surface area contributed by atoms with E-state index >= 15 is 4.39 Å². The number of nitrogens with one attached hydrogen (secondary N) is 2. The Hall–Kier alpha value is -3.30. The Kier molecular flexibility index (Phi) is 3.79. The molecular weight excluding hydrogens is 439 g/mol. The molecule has 3 amide bonds. The summed E-state index contributed by atoms with van der Waals surface area (Å²) >= 11 is 0. The number of anilines is 1. The van der Waals surface area contributed by atoms with Crippen molar-refractivity contribution in [3.05, 3.63) is 64.3 Å². The van der Waals surface area contributed by atoms with Crippen LogP contribution in [0.15, 0.2) is 36.3 Å². The minimum atomic E-state index is -3.22. The first-order valence-electron chi connectivity index (χ1n) is 15.6. The summed E-state index contributed by atoms with van der Waals surface area (Å²) in [6.07, 6.45) is -6.41. The third-order valence-electron chi connectivity index (χ3n) is 5.72. The van der Waals surface area contributed by atoms with E-state index in [4.69, 9.17) is 18.4 Å². The van der Waals surface area contributed by atoms with Gasteiger partial charge in [-0.2, -0.15) is 0 Å². The molecule has 2 saturated heterocycles. The van der Waals surface area contributed by atoms with Crippen LogP contribution in [-0.4, -0.2) is 59.9 Å². The molecule has 2 N–H and O–H groups in total. The molecule has 8 nitrogen and oxygen atoms in total. The molecule has 2 fully saturated rings. The summed E-state index contributed by atoms with van der Waals surface area (Å²) < 4.78 is 103. The van der Waals surface area contributed by atoms with Gasteiger partial charge in [0.15, 0.2) is 0 Å². The molecule has 2 aromatic carbocycles. The van der Waals surface area contributed by atoms with Gasteiger partial charge in [-0.25, -0.2) is 4.39 Å². The first kappa shape index (κ1) is 13.6. The Balaban J connectivity index is 1.52. The molecule has 0 spiro atoms. The Bertz CT molecular complexity index is 1600. The molecule has 0 bridgehead atoms. The summed E-state index contributed by atoms with van der Waals surface area (Å²) in [4.78, 5) is 40.8. The van der Waals surface area contributed by atoms with Crippen LogP contribution in [-0.2, 0) is 34.0 Å². The van der Waals surface area contributed by atoms with E-state index in [1.807, 2.05) is 4.90 Å². The average Bonchev–Trinajstić information content (AvgIpc) is 3.30. The fourth-order valence-electron chi connectivity index (χ4n) is 3.98. The predicted octanol–water partition coefficient (Wildman–Crippen LogP) is 2.03. The Morgan fingerprint density at radius 1 is 1.21 bits per heavy atom. The van der Waals surface area contributed by atoms with Crippen molar-refractivity contribution in [2.24, 2.45) is 0 Å². The van der Waals surface area contributed by atoms with Crippen molar-refractivity contribution in [2.75, 3.05) is 31.6 Å². The summed E-state index contributed by atoms with van der Waals surface area (Å²) in [5, 5.41) is 4.45. The second kappa shape index (κ2) is 9.52. The molecule has 178 valence electrons. The largest absolute Gasteiger partial charge is 0.381 e. The van der Waals surface area contributed by atoms with E-state index in [2.05, 4.69) is 5.32 Å². The van der Waals surface area contributed by atoms with Crippen molar-refractivity contribution < 1.29 is 37.2 Å². The van der Waals surface area contributed by atoms with Gasteiger partial charge in [0, 0.05) is 67.0 Å². The van der Waals surface area contributed by atoms with E-state index in [9.17, 15) is 14.4 Å². The number of carbonyl (C=O) groups is 3. The molecule has 2 aromatic rings. The van der Waals surface area contributed by atoms with E-state index < -0.39 is 91.2 Å². The number of imide groups is 1. The van der Waals surface area contributed by atoms with Crippen LogP contribution < -0.4 is 10.6 Å². The first-order chi connectivity index (χ1) is 20.5. The van der Waals surface area contributed by atoms with E-state index in [0.29, 0.717) is 31.2 Å². The van der Waals surface area contributed by atoms with Crippen molar-refractivity contribution in [1.82, 2.24) is 15.1 Å². The predicted molar refractivity (Wildman–Crippen MR) is 122 cm³/mol. The minimum Gasteiger partial charge on any atom is -0.381 e. The lowest BCUT2D eigenvalue weighted by atomic mass is 10.0. The van der Waals surface area contributed by atoms with Gasteiger partial charge in [0.25, 0.3) is 5.91 Å². The van der Waals surface area contributed by atoms with Crippen molar-refractivity contribution in [1.29, 1.82) is 0 Å². The van der Waals surface area contributed by atoms with Gasteiger partial charge in [-0.1, -0.05) is 12.1 Å². The van der Waals surface area contributed by atoms with Crippen LogP contribution >= 0.6 is 0 Å². The van der Waals surface area contributed by atoms with Gasteiger partial charge >= 0.3 is 0 Å². The number of morpholine rings is 1. The molecular formula is C25H27FN4O4. The third-order valence-corrected chi connectivity index (χ3v) is 5.72. The van der Waals surface area contributed by atoms with Crippen molar-refractivity contribution >= 4 is 23.4 Å². The number of carbonyl (C=O) groups excluding carboxylic acids is 3. The van der Waals surface area contributed by atoms with E-state index in [-0.39, 0.29) is 35.0 Å². The zero-order valence-corrected chi connectivity index (χ0v) is 17.9. The molecule has 0 radical (unpaired) electrons. The van der Waals surface area contributed by atoms with Gasteiger partial charge in [-0.15, -0.1) is 0 Å². The number of benzene rings is 2. The minimum absolute atomic E-state index is 0.0919. The van der Waals surface area contributed by atoms with E-state index in [0.717, 1.165) is 0 Å². The van der Waals surface area contributed by atoms with Crippen LogP contribution in [0, 0.1) is 5.82 Å². The molecule has 3 aliphatic heterocycles. The van der Waals surface area contributed by atoms with Crippen LogP contribution in [0.3, 0.4) is 0 Å². The quantitative estimate of drug-likeness (QED) is 0.620. The van der Waals surface area contributed by atoms with Crippen molar-refractivity contribution in [2.45, 2.75) is 38.4 Å². The molecule has 5 rings (SSSR count). The van der Waals surface area contributed by atoms with Gasteiger partial charge in [-0.3, -0.25) is 24.6 Å². The number of amides is 3. The smallest absolute Gasteiger partial charge is 0.255 e. The summed E-state index contributed by atoms with van der Waals surface area (Å²) in [7, 11) is 0. The number of hydrogen-bond donors (Lipinski definition) is 2.